The summed E-state index contributed by atoms with van der Waals surface area (Å²) in [6.07, 6.45) is -3.14. The molecule has 0 fully saturated rings. The average Bonchev–Trinajstić information content (AvgIpc) is 2.16. The van der Waals surface area contributed by atoms with Gasteiger partial charge in [0, 0.05) is 0 Å². The van der Waals surface area contributed by atoms with Gasteiger partial charge in [-0.1, -0.05) is 18.2 Å². The van der Waals surface area contributed by atoms with Crippen molar-refractivity contribution in [3.05, 3.63) is 41.0 Å². The fraction of sp³-hybridized carbons (Fsp3) is 0.250. The van der Waals surface area contributed by atoms with Crippen molar-refractivity contribution < 1.29 is 18.0 Å². The van der Waals surface area contributed by atoms with Crippen molar-refractivity contribution >= 4 is 11.9 Å². The predicted octanol–water partition coefficient (Wildman–Crippen LogP) is 3.70. The van der Waals surface area contributed by atoms with Crippen LogP contribution in [-0.4, -0.2) is 5.78 Å². The van der Waals surface area contributed by atoms with E-state index >= 15 is 0 Å². The van der Waals surface area contributed by atoms with Gasteiger partial charge >= 0.3 is 6.18 Å². The summed E-state index contributed by atoms with van der Waals surface area (Å²) in [5.41, 5.74) is -0.407. The third-order valence-corrected chi connectivity index (χ3v) is 2.19. The summed E-state index contributed by atoms with van der Waals surface area (Å²) in [6.45, 7) is 2.82. The van der Waals surface area contributed by atoms with Gasteiger partial charge in [-0.05, 0) is 37.1 Å². The summed E-state index contributed by atoms with van der Waals surface area (Å²) in [5.74, 6) is -0.239. The molecule has 0 aliphatic carbocycles. The summed E-state index contributed by atoms with van der Waals surface area (Å²) >= 11 is 0. The van der Waals surface area contributed by atoms with Crippen LogP contribution >= 0.6 is 0 Å². The molecule has 0 bridgehead atoms. The van der Waals surface area contributed by atoms with Crippen molar-refractivity contribution in [3.8, 4) is 0 Å². The minimum atomic E-state index is -4.40. The standard InChI is InChI=1S/C12H11F3O/c1-8(9(2)16)7-10-5-3-4-6-11(10)12(13,14)15/h3-7H,1-2H3/b8-7-. The van der Waals surface area contributed by atoms with Gasteiger partial charge in [0.05, 0.1) is 5.56 Å². The molecule has 0 heterocycles. The highest BCUT2D eigenvalue weighted by Crippen LogP contribution is 2.32. The van der Waals surface area contributed by atoms with E-state index in [0.29, 0.717) is 5.57 Å². The number of carbonyl (C=O) groups is 1. The summed E-state index contributed by atoms with van der Waals surface area (Å²) in [6, 6.07) is 5.17. The SMILES string of the molecule is CC(=O)/C(C)=C\c1ccccc1C(F)(F)F. The highest BCUT2D eigenvalue weighted by atomic mass is 19.4. The van der Waals surface area contributed by atoms with Gasteiger partial charge in [0.1, 0.15) is 0 Å². The topological polar surface area (TPSA) is 17.1 Å². The lowest BCUT2D eigenvalue weighted by molar-refractivity contribution is -0.137. The van der Waals surface area contributed by atoms with Crippen LogP contribution in [0.5, 0.6) is 0 Å². The predicted molar refractivity (Wildman–Crippen MR) is 55.8 cm³/mol. The van der Waals surface area contributed by atoms with Gasteiger partial charge in [0.25, 0.3) is 0 Å². The number of carbonyl (C=O) groups excluding carboxylic acids is 1. The Morgan fingerprint density at radius 3 is 2.25 bits per heavy atom. The van der Waals surface area contributed by atoms with Gasteiger partial charge in [-0.15, -0.1) is 0 Å². The second-order valence-corrected chi connectivity index (χ2v) is 3.47. The minimum Gasteiger partial charge on any atom is -0.295 e. The molecule has 1 nitrogen and oxygen atoms in total. The molecule has 0 spiro atoms. The molecule has 0 aliphatic rings. The zero-order chi connectivity index (χ0) is 12.3. The van der Waals surface area contributed by atoms with Crippen molar-refractivity contribution in [1.29, 1.82) is 0 Å². The van der Waals surface area contributed by atoms with Crippen LogP contribution in [0, 0.1) is 0 Å². The van der Waals surface area contributed by atoms with Crippen LogP contribution in [0.1, 0.15) is 25.0 Å². The van der Waals surface area contributed by atoms with E-state index < -0.39 is 11.7 Å². The average molecular weight is 228 g/mol. The Morgan fingerprint density at radius 2 is 1.75 bits per heavy atom. The van der Waals surface area contributed by atoms with Crippen molar-refractivity contribution in [2.24, 2.45) is 0 Å². The first-order valence-corrected chi connectivity index (χ1v) is 4.68. The summed E-state index contributed by atoms with van der Waals surface area (Å²) in [7, 11) is 0. The Morgan fingerprint density at radius 1 is 1.19 bits per heavy atom. The fourth-order valence-corrected chi connectivity index (χ4v) is 1.22. The Hall–Kier alpha value is -1.58. The molecule has 0 radical (unpaired) electrons. The molecule has 0 saturated carbocycles. The summed E-state index contributed by atoms with van der Waals surface area (Å²) in [5, 5.41) is 0. The van der Waals surface area contributed by atoms with Crippen LogP contribution in [0.15, 0.2) is 29.8 Å². The minimum absolute atomic E-state index is 0.0164. The maximum atomic E-state index is 12.6. The molecule has 0 saturated heterocycles. The number of alkyl halides is 3. The summed E-state index contributed by atoms with van der Waals surface area (Å²) < 4.78 is 37.8. The smallest absolute Gasteiger partial charge is 0.295 e. The van der Waals surface area contributed by atoms with Gasteiger partial charge in [0.2, 0.25) is 0 Å². The van der Waals surface area contributed by atoms with Crippen LogP contribution in [0.25, 0.3) is 6.08 Å². The maximum absolute atomic E-state index is 12.6. The van der Waals surface area contributed by atoms with E-state index in [-0.39, 0.29) is 11.3 Å². The molecule has 0 N–H and O–H groups in total. The molecule has 0 aliphatic heterocycles. The molecular weight excluding hydrogens is 217 g/mol. The number of rotatable bonds is 2. The third-order valence-electron chi connectivity index (χ3n) is 2.19. The summed E-state index contributed by atoms with van der Waals surface area (Å²) in [4.78, 5) is 11.0. The van der Waals surface area contributed by atoms with Crippen LogP contribution in [-0.2, 0) is 11.0 Å². The monoisotopic (exact) mass is 228 g/mol. The highest BCUT2D eigenvalue weighted by Gasteiger charge is 2.32. The highest BCUT2D eigenvalue weighted by molar-refractivity contribution is 5.97. The molecule has 1 aromatic rings. The van der Waals surface area contributed by atoms with E-state index in [9.17, 15) is 18.0 Å². The molecule has 1 aromatic carbocycles. The van der Waals surface area contributed by atoms with E-state index in [2.05, 4.69) is 0 Å². The molecular formula is C12H11F3O. The second-order valence-electron chi connectivity index (χ2n) is 3.47. The molecule has 16 heavy (non-hydrogen) atoms. The van der Waals surface area contributed by atoms with Gasteiger partial charge in [-0.3, -0.25) is 4.79 Å². The fourth-order valence-electron chi connectivity index (χ4n) is 1.22. The third kappa shape index (κ3) is 2.95. The van der Waals surface area contributed by atoms with E-state index in [1.165, 1.54) is 38.1 Å². The van der Waals surface area contributed by atoms with Crippen molar-refractivity contribution in [3.63, 3.8) is 0 Å². The quantitative estimate of drug-likeness (QED) is 0.705. The lowest BCUT2D eigenvalue weighted by atomic mass is 10.0. The molecule has 0 unspecified atom stereocenters. The number of hydrogen-bond acceptors (Lipinski definition) is 1. The van der Waals surface area contributed by atoms with E-state index in [1.54, 1.807) is 0 Å². The van der Waals surface area contributed by atoms with Crippen molar-refractivity contribution in [1.82, 2.24) is 0 Å². The van der Waals surface area contributed by atoms with Crippen LogP contribution in [0.3, 0.4) is 0 Å². The maximum Gasteiger partial charge on any atom is 0.416 e. The van der Waals surface area contributed by atoms with Crippen LogP contribution in [0.2, 0.25) is 0 Å². The molecule has 0 aromatic heterocycles. The normalized spacial score (nSPS) is 12.7. The van der Waals surface area contributed by atoms with Gasteiger partial charge in [-0.25, -0.2) is 0 Å². The Bertz CT molecular complexity index is 430. The number of allylic oxidation sites excluding steroid dienone is 1. The first-order valence-electron chi connectivity index (χ1n) is 4.68. The molecule has 0 atom stereocenters. The van der Waals surface area contributed by atoms with Gasteiger partial charge in [-0.2, -0.15) is 13.2 Å². The van der Waals surface area contributed by atoms with E-state index in [0.717, 1.165) is 6.07 Å². The number of hydrogen-bond donors (Lipinski definition) is 0. The van der Waals surface area contributed by atoms with Crippen molar-refractivity contribution in [2.45, 2.75) is 20.0 Å². The Labute approximate surface area is 91.6 Å². The first kappa shape index (κ1) is 12.5. The van der Waals surface area contributed by atoms with E-state index in [4.69, 9.17) is 0 Å². The Balaban J connectivity index is 3.25. The molecule has 86 valence electrons. The first-order chi connectivity index (χ1) is 7.32. The van der Waals surface area contributed by atoms with E-state index in [1.807, 2.05) is 0 Å². The zero-order valence-corrected chi connectivity index (χ0v) is 8.93. The molecule has 4 heteroatoms. The lowest BCUT2D eigenvalue weighted by Crippen LogP contribution is -2.07. The molecule has 0 amide bonds. The number of Topliss-reactive ketones (excluding diaryl/α,β-unsaturated/α-hetero) is 1. The van der Waals surface area contributed by atoms with Gasteiger partial charge in [0.15, 0.2) is 5.78 Å². The molecule has 1 rings (SSSR count). The lowest BCUT2D eigenvalue weighted by Gasteiger charge is -2.10. The number of ketones is 1. The second kappa shape index (κ2) is 4.51. The van der Waals surface area contributed by atoms with Crippen LogP contribution < -0.4 is 0 Å². The Kier molecular flexibility index (Phi) is 3.52. The largest absolute Gasteiger partial charge is 0.416 e. The van der Waals surface area contributed by atoms with Crippen molar-refractivity contribution in [2.75, 3.05) is 0 Å². The zero-order valence-electron chi connectivity index (χ0n) is 8.93. The number of halogens is 3. The number of benzene rings is 1. The van der Waals surface area contributed by atoms with Gasteiger partial charge < -0.3 is 0 Å². The van der Waals surface area contributed by atoms with Crippen LogP contribution in [0.4, 0.5) is 13.2 Å².